The van der Waals surface area contributed by atoms with Crippen LogP contribution in [0.3, 0.4) is 0 Å². The van der Waals surface area contributed by atoms with Gasteiger partial charge in [-0.15, -0.1) is 11.3 Å². The lowest BCUT2D eigenvalue weighted by Crippen LogP contribution is -2.10. The van der Waals surface area contributed by atoms with Crippen molar-refractivity contribution < 1.29 is 4.79 Å². The third-order valence-corrected chi connectivity index (χ3v) is 1.89. The number of amides is 1. The molecule has 1 amide bonds. The molecule has 0 aromatic carbocycles. The molecule has 1 aromatic heterocycles. The van der Waals surface area contributed by atoms with Crippen LogP contribution in [0.1, 0.15) is 22.4 Å². The number of hydrogen-bond donors (Lipinski definition) is 1. The average molecular weight is 168 g/mol. The second kappa shape index (κ2) is 3.30. The molecule has 0 unspecified atom stereocenters. The minimum Gasteiger partial charge on any atom is -0.364 e. The Kier molecular flexibility index (Phi) is 2.38. The number of thiazole rings is 1. The van der Waals surface area contributed by atoms with Crippen LogP contribution in [0.15, 0.2) is 11.5 Å². The smallest absolute Gasteiger partial charge is 0.268 e. The Balaban J connectivity index is 2.90. The Hall–Kier alpha value is -1.16. The fraction of sp³-hybridized carbons (Fsp3) is 0.143. The molecule has 0 radical (unpaired) electrons. The third kappa shape index (κ3) is 1.88. The first-order valence-electron chi connectivity index (χ1n) is 3.12. The van der Waals surface area contributed by atoms with Crippen LogP contribution in [0.2, 0.25) is 0 Å². The van der Waals surface area contributed by atoms with E-state index in [1.807, 2.05) is 19.1 Å². The van der Waals surface area contributed by atoms with Crippen LogP contribution in [0.4, 0.5) is 0 Å². The summed E-state index contributed by atoms with van der Waals surface area (Å²) in [6.07, 6.45) is 3.70. The number of allylic oxidation sites excluding steroid dienone is 1. The van der Waals surface area contributed by atoms with Crippen molar-refractivity contribution in [3.63, 3.8) is 0 Å². The van der Waals surface area contributed by atoms with Gasteiger partial charge in [0.25, 0.3) is 5.91 Å². The van der Waals surface area contributed by atoms with Crippen molar-refractivity contribution in [3.8, 4) is 0 Å². The van der Waals surface area contributed by atoms with Gasteiger partial charge in [0.1, 0.15) is 10.7 Å². The van der Waals surface area contributed by atoms with Gasteiger partial charge < -0.3 is 5.73 Å². The molecule has 0 fully saturated rings. The van der Waals surface area contributed by atoms with Crippen LogP contribution in [-0.2, 0) is 0 Å². The van der Waals surface area contributed by atoms with Gasteiger partial charge in [-0.1, -0.05) is 6.08 Å². The first-order chi connectivity index (χ1) is 5.24. The van der Waals surface area contributed by atoms with Crippen LogP contribution in [-0.4, -0.2) is 10.9 Å². The summed E-state index contributed by atoms with van der Waals surface area (Å²) in [5.41, 5.74) is 5.34. The molecule has 0 saturated carbocycles. The molecular weight excluding hydrogens is 160 g/mol. The van der Waals surface area contributed by atoms with Crippen molar-refractivity contribution in [1.29, 1.82) is 0 Å². The number of carbonyl (C=O) groups is 1. The zero-order valence-electron chi connectivity index (χ0n) is 6.07. The number of aromatic nitrogens is 1. The van der Waals surface area contributed by atoms with Crippen LogP contribution < -0.4 is 5.73 Å². The van der Waals surface area contributed by atoms with E-state index < -0.39 is 5.91 Å². The Morgan fingerprint density at radius 2 is 2.55 bits per heavy atom. The van der Waals surface area contributed by atoms with E-state index >= 15 is 0 Å². The van der Waals surface area contributed by atoms with Gasteiger partial charge in [0.15, 0.2) is 0 Å². The second-order valence-electron chi connectivity index (χ2n) is 1.94. The van der Waals surface area contributed by atoms with Crippen LogP contribution in [0.5, 0.6) is 0 Å². The normalized spacial score (nSPS) is 10.6. The Morgan fingerprint density at radius 3 is 3.00 bits per heavy atom. The van der Waals surface area contributed by atoms with Gasteiger partial charge in [-0.25, -0.2) is 4.98 Å². The maximum atomic E-state index is 10.6. The highest BCUT2D eigenvalue weighted by molar-refractivity contribution is 7.10. The summed E-state index contributed by atoms with van der Waals surface area (Å²) < 4.78 is 0. The molecule has 0 atom stereocenters. The molecule has 2 N–H and O–H groups in total. The van der Waals surface area contributed by atoms with Gasteiger partial charge in [0.2, 0.25) is 0 Å². The average Bonchev–Trinajstić information content (AvgIpc) is 2.37. The summed E-state index contributed by atoms with van der Waals surface area (Å²) in [5.74, 6) is -0.475. The number of nitrogens with two attached hydrogens (primary N) is 1. The Bertz CT molecular complexity index is 290. The molecule has 3 nitrogen and oxygen atoms in total. The number of hydrogen-bond acceptors (Lipinski definition) is 3. The standard InChI is InChI=1S/C7H8N2OS/c1-2-3-6-9-5(4-11-6)7(8)10/h2-4H,1H3,(H2,8,10)/b3-2-. The van der Waals surface area contributed by atoms with Crippen molar-refractivity contribution in [2.24, 2.45) is 5.73 Å². The fourth-order valence-corrected chi connectivity index (χ4v) is 1.39. The molecule has 58 valence electrons. The van der Waals surface area contributed by atoms with Crippen molar-refractivity contribution in [2.45, 2.75) is 6.92 Å². The molecule has 11 heavy (non-hydrogen) atoms. The monoisotopic (exact) mass is 168 g/mol. The van der Waals surface area contributed by atoms with Crippen molar-refractivity contribution >= 4 is 23.3 Å². The summed E-state index contributed by atoms with van der Waals surface area (Å²) in [6.45, 7) is 1.89. The highest BCUT2D eigenvalue weighted by Gasteiger charge is 2.03. The highest BCUT2D eigenvalue weighted by Crippen LogP contribution is 2.10. The minimum atomic E-state index is -0.475. The van der Waals surface area contributed by atoms with E-state index in [1.54, 1.807) is 5.38 Å². The molecule has 0 aliphatic heterocycles. The summed E-state index contributed by atoms with van der Waals surface area (Å²) in [6, 6.07) is 0. The molecule has 1 rings (SSSR count). The third-order valence-electron chi connectivity index (χ3n) is 1.08. The van der Waals surface area contributed by atoms with Crippen molar-refractivity contribution in [3.05, 3.63) is 22.2 Å². The molecule has 1 aromatic rings. The van der Waals surface area contributed by atoms with Crippen molar-refractivity contribution in [1.82, 2.24) is 4.98 Å². The Labute approximate surface area is 68.6 Å². The number of carbonyl (C=O) groups excluding carboxylic acids is 1. The van der Waals surface area contributed by atoms with E-state index in [9.17, 15) is 4.79 Å². The van der Waals surface area contributed by atoms with E-state index in [0.29, 0.717) is 5.69 Å². The minimum absolute atomic E-state index is 0.336. The SMILES string of the molecule is C/C=C\c1nc(C(N)=O)cs1. The topological polar surface area (TPSA) is 56.0 Å². The highest BCUT2D eigenvalue weighted by atomic mass is 32.1. The van der Waals surface area contributed by atoms with E-state index in [2.05, 4.69) is 4.98 Å². The molecule has 4 heteroatoms. The lowest BCUT2D eigenvalue weighted by atomic mass is 10.5. The van der Waals surface area contributed by atoms with Crippen molar-refractivity contribution in [2.75, 3.05) is 0 Å². The lowest BCUT2D eigenvalue weighted by molar-refractivity contribution is 0.0996. The zero-order valence-corrected chi connectivity index (χ0v) is 6.89. The van der Waals surface area contributed by atoms with E-state index in [0.717, 1.165) is 5.01 Å². The maximum absolute atomic E-state index is 10.6. The van der Waals surface area contributed by atoms with Gasteiger partial charge in [-0.3, -0.25) is 4.79 Å². The van der Waals surface area contributed by atoms with Gasteiger partial charge >= 0.3 is 0 Å². The second-order valence-corrected chi connectivity index (χ2v) is 2.82. The molecule has 0 aliphatic rings. The van der Waals surface area contributed by atoms with E-state index in [-0.39, 0.29) is 0 Å². The van der Waals surface area contributed by atoms with Gasteiger partial charge in [0.05, 0.1) is 0 Å². The first kappa shape index (κ1) is 7.94. The number of nitrogens with zero attached hydrogens (tertiary/aromatic N) is 1. The quantitative estimate of drug-likeness (QED) is 0.723. The molecule has 0 spiro atoms. The Morgan fingerprint density at radius 1 is 1.82 bits per heavy atom. The summed E-state index contributed by atoms with van der Waals surface area (Å²) >= 11 is 1.40. The van der Waals surface area contributed by atoms with Crippen LogP contribution >= 0.6 is 11.3 Å². The molecule has 1 heterocycles. The van der Waals surface area contributed by atoms with Gasteiger partial charge in [0, 0.05) is 5.38 Å². The fourth-order valence-electron chi connectivity index (χ4n) is 0.620. The van der Waals surface area contributed by atoms with E-state index in [1.165, 1.54) is 11.3 Å². The lowest BCUT2D eigenvalue weighted by Gasteiger charge is -1.82. The van der Waals surface area contributed by atoms with Crippen LogP contribution in [0, 0.1) is 0 Å². The summed E-state index contributed by atoms with van der Waals surface area (Å²) in [4.78, 5) is 14.5. The maximum Gasteiger partial charge on any atom is 0.268 e. The predicted molar refractivity (Wildman–Crippen MR) is 45.3 cm³/mol. The predicted octanol–water partition coefficient (Wildman–Crippen LogP) is 1.28. The first-order valence-corrected chi connectivity index (χ1v) is 4.00. The number of primary amides is 1. The van der Waals surface area contributed by atoms with E-state index in [4.69, 9.17) is 5.73 Å². The summed E-state index contributed by atoms with van der Waals surface area (Å²) in [5, 5.41) is 2.46. The molecular formula is C7H8N2OS. The molecule has 0 saturated heterocycles. The number of rotatable bonds is 2. The van der Waals surface area contributed by atoms with Gasteiger partial charge in [-0.2, -0.15) is 0 Å². The van der Waals surface area contributed by atoms with Gasteiger partial charge in [-0.05, 0) is 13.0 Å². The summed E-state index contributed by atoms with van der Waals surface area (Å²) in [7, 11) is 0. The zero-order chi connectivity index (χ0) is 8.27. The molecule has 0 aliphatic carbocycles. The largest absolute Gasteiger partial charge is 0.364 e. The van der Waals surface area contributed by atoms with Crippen LogP contribution in [0.25, 0.3) is 6.08 Å². The molecule has 0 bridgehead atoms.